The summed E-state index contributed by atoms with van der Waals surface area (Å²) in [6.45, 7) is 3.65. The highest BCUT2D eigenvalue weighted by Gasteiger charge is 2.43. The lowest BCUT2D eigenvalue weighted by Crippen LogP contribution is -2.38. The first-order valence-corrected chi connectivity index (χ1v) is 9.94. The van der Waals surface area contributed by atoms with Crippen molar-refractivity contribution >= 4 is 15.8 Å². The van der Waals surface area contributed by atoms with Crippen molar-refractivity contribution in [2.45, 2.75) is 30.6 Å². The molecule has 0 amide bonds. The maximum atomic E-state index is 12.6. The van der Waals surface area contributed by atoms with Crippen molar-refractivity contribution in [2.75, 3.05) is 12.4 Å². The Kier molecular flexibility index (Phi) is 6.17. The van der Waals surface area contributed by atoms with Crippen molar-refractivity contribution in [1.82, 2.24) is 0 Å². The van der Waals surface area contributed by atoms with Crippen molar-refractivity contribution in [3.05, 3.63) is 65.7 Å². The number of nitrogens with zero attached hydrogens (tertiary/aromatic N) is 1. The zero-order valence-electron chi connectivity index (χ0n) is 14.8. The van der Waals surface area contributed by atoms with Crippen LogP contribution in [0.1, 0.15) is 24.5 Å². The van der Waals surface area contributed by atoms with Gasteiger partial charge >= 0.3 is 5.97 Å². The Hall–Kier alpha value is -2.65. The summed E-state index contributed by atoms with van der Waals surface area (Å²) in [7, 11) is -3.63. The van der Waals surface area contributed by atoms with E-state index in [4.69, 9.17) is 4.74 Å². The molecule has 0 spiro atoms. The van der Waals surface area contributed by atoms with Crippen LogP contribution >= 0.6 is 0 Å². The average Bonchev–Trinajstić information content (AvgIpc) is 2.65. The summed E-state index contributed by atoms with van der Waals surface area (Å²) in [5, 5.41) is 9.82. The second-order valence-electron chi connectivity index (χ2n) is 5.99. The molecule has 0 heterocycles. The molecule has 6 heteroatoms. The zero-order valence-corrected chi connectivity index (χ0v) is 15.6. The lowest BCUT2D eigenvalue weighted by molar-refractivity contribution is -0.147. The first-order chi connectivity index (χ1) is 12.4. The fourth-order valence-electron chi connectivity index (χ4n) is 2.66. The van der Waals surface area contributed by atoms with E-state index in [1.165, 1.54) is 12.1 Å². The van der Waals surface area contributed by atoms with Gasteiger partial charge in [-0.15, -0.1) is 0 Å². The number of carbonyl (C=O) groups excluding carboxylic acids is 1. The summed E-state index contributed by atoms with van der Waals surface area (Å²) in [5.41, 5.74) is -0.250. The van der Waals surface area contributed by atoms with Gasteiger partial charge in [0, 0.05) is 0 Å². The van der Waals surface area contributed by atoms with Crippen LogP contribution in [0.5, 0.6) is 0 Å². The summed E-state index contributed by atoms with van der Waals surface area (Å²) < 4.78 is 30.3. The summed E-state index contributed by atoms with van der Waals surface area (Å²) in [4.78, 5) is 12.8. The Balaban J connectivity index is 2.40. The molecular weight excluding hydrogens is 350 g/mol. The SMILES string of the molecule is CCOC(=O)[C@@](C#N)(CCS(=O)(=O)c1ccccc1)c1ccc(C)cc1. The minimum Gasteiger partial charge on any atom is -0.465 e. The second kappa shape index (κ2) is 8.15. The molecular formula is C20H21NO4S. The number of sulfone groups is 1. The second-order valence-corrected chi connectivity index (χ2v) is 8.09. The van der Waals surface area contributed by atoms with Crippen LogP contribution in [0.4, 0.5) is 0 Å². The number of benzene rings is 2. The van der Waals surface area contributed by atoms with E-state index < -0.39 is 21.2 Å². The van der Waals surface area contributed by atoms with E-state index in [1.807, 2.05) is 13.0 Å². The van der Waals surface area contributed by atoms with E-state index in [0.717, 1.165) is 5.56 Å². The van der Waals surface area contributed by atoms with Crippen LogP contribution in [0.2, 0.25) is 0 Å². The third kappa shape index (κ3) is 4.12. The Bertz CT molecular complexity index is 899. The van der Waals surface area contributed by atoms with Crippen LogP contribution in [-0.4, -0.2) is 26.7 Å². The van der Waals surface area contributed by atoms with Crippen molar-refractivity contribution in [1.29, 1.82) is 5.26 Å². The van der Waals surface area contributed by atoms with E-state index in [0.29, 0.717) is 5.56 Å². The van der Waals surface area contributed by atoms with Gasteiger partial charge in [0.05, 0.1) is 23.3 Å². The summed E-state index contributed by atoms with van der Waals surface area (Å²) in [5.74, 6) is -1.06. The van der Waals surface area contributed by atoms with E-state index in [2.05, 4.69) is 0 Å². The van der Waals surface area contributed by atoms with Crippen LogP contribution in [0.25, 0.3) is 0 Å². The van der Waals surface area contributed by atoms with E-state index in [1.54, 1.807) is 49.4 Å². The number of rotatable bonds is 7. The molecule has 2 aromatic rings. The molecule has 2 rings (SSSR count). The van der Waals surface area contributed by atoms with Crippen LogP contribution in [0.3, 0.4) is 0 Å². The predicted molar refractivity (Wildman–Crippen MR) is 98.2 cm³/mol. The molecule has 2 aromatic carbocycles. The number of esters is 1. The molecule has 0 saturated carbocycles. The molecule has 0 radical (unpaired) electrons. The molecule has 0 fully saturated rings. The Labute approximate surface area is 154 Å². The first-order valence-electron chi connectivity index (χ1n) is 8.29. The van der Waals surface area contributed by atoms with Crippen LogP contribution in [0.15, 0.2) is 59.5 Å². The number of nitriles is 1. The predicted octanol–water partition coefficient (Wildman–Crippen LogP) is 3.18. The minimum absolute atomic E-state index is 0.111. The van der Waals surface area contributed by atoms with Crippen molar-refractivity contribution in [3.63, 3.8) is 0 Å². The Morgan fingerprint density at radius 2 is 1.73 bits per heavy atom. The van der Waals surface area contributed by atoms with Gasteiger partial charge in [0.25, 0.3) is 0 Å². The largest absolute Gasteiger partial charge is 0.465 e. The van der Waals surface area contributed by atoms with Gasteiger partial charge in [0.2, 0.25) is 0 Å². The van der Waals surface area contributed by atoms with Gasteiger partial charge in [-0.2, -0.15) is 5.26 Å². The molecule has 5 nitrogen and oxygen atoms in total. The van der Waals surface area contributed by atoms with Gasteiger partial charge in [-0.1, -0.05) is 48.0 Å². The fraction of sp³-hybridized carbons (Fsp3) is 0.300. The molecule has 136 valence electrons. The minimum atomic E-state index is -3.63. The molecule has 26 heavy (non-hydrogen) atoms. The third-order valence-corrected chi connectivity index (χ3v) is 5.94. The van der Waals surface area contributed by atoms with Gasteiger partial charge in [0.15, 0.2) is 15.3 Å². The topological polar surface area (TPSA) is 84.2 Å². The molecule has 0 N–H and O–H groups in total. The molecule has 0 aromatic heterocycles. The molecule has 0 saturated heterocycles. The highest BCUT2D eigenvalue weighted by Crippen LogP contribution is 2.31. The lowest BCUT2D eigenvalue weighted by atomic mass is 9.79. The van der Waals surface area contributed by atoms with E-state index in [-0.39, 0.29) is 23.7 Å². The quantitative estimate of drug-likeness (QED) is 0.698. The molecule has 0 aliphatic heterocycles. The summed E-state index contributed by atoms with van der Waals surface area (Å²) in [6.07, 6.45) is -0.178. The number of ether oxygens (including phenoxy) is 1. The number of hydrogen-bond acceptors (Lipinski definition) is 5. The zero-order chi connectivity index (χ0) is 19.2. The van der Waals surface area contributed by atoms with Crippen LogP contribution < -0.4 is 0 Å². The highest BCUT2D eigenvalue weighted by atomic mass is 32.2. The molecule has 1 atom stereocenters. The van der Waals surface area contributed by atoms with Gasteiger partial charge in [0.1, 0.15) is 0 Å². The van der Waals surface area contributed by atoms with Crippen molar-refractivity contribution < 1.29 is 17.9 Å². The standard InChI is InChI=1S/C20H21NO4S/c1-3-25-19(22)20(15-21,17-11-9-16(2)10-12-17)13-14-26(23,24)18-7-5-4-6-8-18/h4-12H,3,13-14H2,1-2H3/t20-/m1/s1. The van der Waals surface area contributed by atoms with Crippen LogP contribution in [0, 0.1) is 18.3 Å². The van der Waals surface area contributed by atoms with E-state index in [9.17, 15) is 18.5 Å². The average molecular weight is 371 g/mol. The Morgan fingerprint density at radius 1 is 1.12 bits per heavy atom. The monoisotopic (exact) mass is 371 g/mol. The first kappa shape index (κ1) is 19.7. The van der Waals surface area contributed by atoms with Crippen molar-refractivity contribution in [3.8, 4) is 6.07 Å². The summed E-state index contributed by atoms with van der Waals surface area (Å²) in [6, 6.07) is 16.9. The highest BCUT2D eigenvalue weighted by molar-refractivity contribution is 7.91. The fourth-order valence-corrected chi connectivity index (χ4v) is 4.04. The normalized spacial score (nSPS) is 13.4. The maximum Gasteiger partial charge on any atom is 0.331 e. The summed E-state index contributed by atoms with van der Waals surface area (Å²) >= 11 is 0. The maximum absolute atomic E-state index is 12.6. The molecule has 0 bridgehead atoms. The number of aryl methyl sites for hydroxylation is 1. The number of hydrogen-bond donors (Lipinski definition) is 0. The van der Waals surface area contributed by atoms with Gasteiger partial charge < -0.3 is 4.74 Å². The van der Waals surface area contributed by atoms with Gasteiger partial charge in [-0.05, 0) is 38.0 Å². The molecule has 0 unspecified atom stereocenters. The Morgan fingerprint density at radius 3 is 2.27 bits per heavy atom. The van der Waals surface area contributed by atoms with E-state index >= 15 is 0 Å². The smallest absolute Gasteiger partial charge is 0.331 e. The molecule has 0 aliphatic rings. The third-order valence-electron chi connectivity index (χ3n) is 4.21. The van der Waals surface area contributed by atoms with Crippen molar-refractivity contribution in [2.24, 2.45) is 0 Å². The van der Waals surface area contributed by atoms with Crippen LogP contribution in [-0.2, 0) is 24.8 Å². The van der Waals surface area contributed by atoms with Gasteiger partial charge in [-0.3, -0.25) is 0 Å². The molecule has 0 aliphatic carbocycles. The number of carbonyl (C=O) groups is 1. The lowest BCUT2D eigenvalue weighted by Gasteiger charge is -2.25. The van der Waals surface area contributed by atoms with Gasteiger partial charge in [-0.25, -0.2) is 13.2 Å².